The standard InChI is InChI=1S/C17H25N3O3/c1-10(2)8-19-15(21)9-20-13-6-5-12(18)7-14(13)23-16(11(3)4)17(20)22/h5-7,10-11,16H,8-9,18H2,1-4H3,(H,19,21). The molecule has 6 nitrogen and oxygen atoms in total. The maximum absolute atomic E-state index is 12.7. The molecule has 6 heteroatoms. The number of ether oxygens (including phenoxy) is 1. The van der Waals surface area contributed by atoms with Crippen LogP contribution in [0.15, 0.2) is 18.2 Å². The van der Waals surface area contributed by atoms with Crippen molar-refractivity contribution in [2.24, 2.45) is 11.8 Å². The van der Waals surface area contributed by atoms with Crippen LogP contribution in [0.4, 0.5) is 11.4 Å². The number of nitrogens with zero attached hydrogens (tertiary/aromatic N) is 1. The topological polar surface area (TPSA) is 84.7 Å². The van der Waals surface area contributed by atoms with Gasteiger partial charge < -0.3 is 15.8 Å². The van der Waals surface area contributed by atoms with Crippen molar-refractivity contribution in [2.45, 2.75) is 33.8 Å². The number of rotatable bonds is 5. The highest BCUT2D eigenvalue weighted by atomic mass is 16.5. The first-order valence-corrected chi connectivity index (χ1v) is 7.93. The third-order valence-corrected chi connectivity index (χ3v) is 3.65. The zero-order valence-electron chi connectivity index (χ0n) is 14.1. The number of nitrogens with two attached hydrogens (primary N) is 1. The van der Waals surface area contributed by atoms with E-state index in [4.69, 9.17) is 10.5 Å². The normalized spacial score (nSPS) is 17.2. The van der Waals surface area contributed by atoms with Gasteiger partial charge in [0, 0.05) is 18.3 Å². The number of amides is 2. The predicted octanol–water partition coefficient (Wildman–Crippen LogP) is 1.79. The average Bonchev–Trinajstić information content (AvgIpc) is 2.47. The minimum atomic E-state index is -0.609. The maximum Gasteiger partial charge on any atom is 0.268 e. The molecule has 2 rings (SSSR count). The second kappa shape index (κ2) is 6.89. The maximum atomic E-state index is 12.7. The van der Waals surface area contributed by atoms with Crippen LogP contribution in [-0.4, -0.2) is 31.0 Å². The number of carbonyl (C=O) groups is 2. The number of fused-ring (bicyclic) bond motifs is 1. The lowest BCUT2D eigenvalue weighted by Crippen LogP contribution is -2.51. The molecule has 1 atom stereocenters. The Kier molecular flexibility index (Phi) is 5.13. The highest BCUT2D eigenvalue weighted by molar-refractivity contribution is 6.04. The van der Waals surface area contributed by atoms with E-state index in [9.17, 15) is 9.59 Å². The molecule has 0 aromatic heterocycles. The van der Waals surface area contributed by atoms with E-state index in [1.54, 1.807) is 18.2 Å². The SMILES string of the molecule is CC(C)CNC(=O)CN1C(=O)C(C(C)C)Oc2cc(N)ccc21. The van der Waals surface area contributed by atoms with E-state index >= 15 is 0 Å². The van der Waals surface area contributed by atoms with Gasteiger partial charge in [0.15, 0.2) is 6.10 Å². The van der Waals surface area contributed by atoms with E-state index in [1.165, 1.54) is 4.90 Å². The molecule has 0 saturated heterocycles. The van der Waals surface area contributed by atoms with Gasteiger partial charge in [-0.3, -0.25) is 14.5 Å². The number of carbonyl (C=O) groups excluding carboxylic acids is 2. The van der Waals surface area contributed by atoms with Crippen LogP contribution >= 0.6 is 0 Å². The Morgan fingerprint density at radius 3 is 2.65 bits per heavy atom. The summed E-state index contributed by atoms with van der Waals surface area (Å²) in [6, 6.07) is 5.11. The molecular formula is C17H25N3O3. The van der Waals surface area contributed by atoms with Gasteiger partial charge in [0.25, 0.3) is 5.91 Å². The van der Waals surface area contributed by atoms with Crippen molar-refractivity contribution in [3.05, 3.63) is 18.2 Å². The van der Waals surface area contributed by atoms with Crippen molar-refractivity contribution < 1.29 is 14.3 Å². The Hall–Kier alpha value is -2.24. The van der Waals surface area contributed by atoms with Gasteiger partial charge in [-0.1, -0.05) is 27.7 Å². The lowest BCUT2D eigenvalue weighted by Gasteiger charge is -2.35. The van der Waals surface area contributed by atoms with Crippen LogP contribution in [-0.2, 0) is 9.59 Å². The molecule has 0 radical (unpaired) electrons. The summed E-state index contributed by atoms with van der Waals surface area (Å²) in [6.07, 6.45) is -0.609. The molecule has 0 fully saturated rings. The Labute approximate surface area is 137 Å². The summed E-state index contributed by atoms with van der Waals surface area (Å²) in [6.45, 7) is 8.43. The molecule has 23 heavy (non-hydrogen) atoms. The Morgan fingerprint density at radius 2 is 2.04 bits per heavy atom. The number of anilines is 2. The van der Waals surface area contributed by atoms with Crippen LogP contribution in [0.2, 0.25) is 0 Å². The van der Waals surface area contributed by atoms with Gasteiger partial charge >= 0.3 is 0 Å². The highest BCUT2D eigenvalue weighted by Gasteiger charge is 2.37. The lowest BCUT2D eigenvalue weighted by molar-refractivity contribution is -0.130. The first kappa shape index (κ1) is 17.1. The molecule has 0 spiro atoms. The van der Waals surface area contributed by atoms with Crippen LogP contribution in [0.5, 0.6) is 5.75 Å². The van der Waals surface area contributed by atoms with E-state index in [0.29, 0.717) is 29.6 Å². The molecule has 1 unspecified atom stereocenters. The number of benzene rings is 1. The highest BCUT2D eigenvalue weighted by Crippen LogP contribution is 2.36. The Balaban J connectivity index is 2.25. The van der Waals surface area contributed by atoms with Crippen molar-refractivity contribution in [3.63, 3.8) is 0 Å². The van der Waals surface area contributed by atoms with E-state index in [-0.39, 0.29) is 24.3 Å². The van der Waals surface area contributed by atoms with Gasteiger partial charge in [-0.15, -0.1) is 0 Å². The smallest absolute Gasteiger partial charge is 0.268 e. The minimum absolute atomic E-state index is 0.00157. The van der Waals surface area contributed by atoms with Crippen LogP contribution in [0.1, 0.15) is 27.7 Å². The zero-order chi connectivity index (χ0) is 17.1. The molecule has 126 valence electrons. The fraction of sp³-hybridized carbons (Fsp3) is 0.529. The molecule has 1 aliphatic heterocycles. The molecule has 3 N–H and O–H groups in total. The predicted molar refractivity (Wildman–Crippen MR) is 90.3 cm³/mol. The Bertz CT molecular complexity index is 599. The van der Waals surface area contributed by atoms with Crippen LogP contribution in [0.25, 0.3) is 0 Å². The molecule has 0 aliphatic carbocycles. The van der Waals surface area contributed by atoms with Crippen LogP contribution in [0.3, 0.4) is 0 Å². The number of nitrogens with one attached hydrogen (secondary N) is 1. The van der Waals surface area contributed by atoms with Crippen molar-refractivity contribution in [2.75, 3.05) is 23.7 Å². The molecule has 0 bridgehead atoms. The number of hydrogen-bond acceptors (Lipinski definition) is 4. The molecule has 1 aromatic rings. The fourth-order valence-electron chi connectivity index (χ4n) is 2.41. The van der Waals surface area contributed by atoms with Gasteiger partial charge in [0.2, 0.25) is 5.91 Å². The summed E-state index contributed by atoms with van der Waals surface area (Å²) in [5, 5.41) is 2.84. The summed E-state index contributed by atoms with van der Waals surface area (Å²) in [7, 11) is 0. The first-order valence-electron chi connectivity index (χ1n) is 7.93. The summed E-state index contributed by atoms with van der Waals surface area (Å²) >= 11 is 0. The summed E-state index contributed by atoms with van der Waals surface area (Å²) < 4.78 is 5.79. The molecule has 1 heterocycles. The van der Waals surface area contributed by atoms with Gasteiger partial charge in [-0.25, -0.2) is 0 Å². The zero-order valence-corrected chi connectivity index (χ0v) is 14.1. The largest absolute Gasteiger partial charge is 0.478 e. The number of hydrogen-bond donors (Lipinski definition) is 2. The molecule has 1 aromatic carbocycles. The lowest BCUT2D eigenvalue weighted by atomic mass is 10.0. The minimum Gasteiger partial charge on any atom is -0.478 e. The molecule has 2 amide bonds. The first-order chi connectivity index (χ1) is 10.8. The monoisotopic (exact) mass is 319 g/mol. The van der Waals surface area contributed by atoms with Gasteiger partial charge in [-0.05, 0) is 24.0 Å². The van der Waals surface area contributed by atoms with Gasteiger partial charge in [0.05, 0.1) is 5.69 Å². The van der Waals surface area contributed by atoms with Crippen molar-refractivity contribution in [3.8, 4) is 5.75 Å². The molecular weight excluding hydrogens is 294 g/mol. The van der Waals surface area contributed by atoms with Crippen LogP contribution < -0.4 is 20.7 Å². The summed E-state index contributed by atoms with van der Waals surface area (Å²) in [4.78, 5) is 26.3. The second-order valence-electron chi connectivity index (χ2n) is 6.63. The third-order valence-electron chi connectivity index (χ3n) is 3.65. The average molecular weight is 319 g/mol. The van der Waals surface area contributed by atoms with Crippen molar-refractivity contribution >= 4 is 23.2 Å². The van der Waals surface area contributed by atoms with Gasteiger partial charge in [-0.2, -0.15) is 0 Å². The van der Waals surface area contributed by atoms with E-state index in [2.05, 4.69) is 5.32 Å². The quantitative estimate of drug-likeness (QED) is 0.810. The molecule has 0 saturated carbocycles. The summed E-state index contributed by atoms with van der Waals surface area (Å²) in [5.74, 6) is 0.518. The van der Waals surface area contributed by atoms with E-state index in [1.807, 2.05) is 27.7 Å². The van der Waals surface area contributed by atoms with E-state index in [0.717, 1.165) is 0 Å². The van der Waals surface area contributed by atoms with Crippen molar-refractivity contribution in [1.82, 2.24) is 5.32 Å². The summed E-state index contributed by atoms with van der Waals surface area (Å²) in [5.41, 5.74) is 6.95. The Morgan fingerprint density at radius 1 is 1.35 bits per heavy atom. The van der Waals surface area contributed by atoms with Gasteiger partial charge in [0.1, 0.15) is 12.3 Å². The van der Waals surface area contributed by atoms with E-state index < -0.39 is 6.10 Å². The fourth-order valence-corrected chi connectivity index (χ4v) is 2.41. The third kappa shape index (κ3) is 3.94. The van der Waals surface area contributed by atoms with Crippen LogP contribution in [0, 0.1) is 11.8 Å². The molecule has 1 aliphatic rings. The van der Waals surface area contributed by atoms with Crippen molar-refractivity contribution in [1.29, 1.82) is 0 Å². The second-order valence-corrected chi connectivity index (χ2v) is 6.63. The number of nitrogen functional groups attached to an aromatic ring is 1.